The highest BCUT2D eigenvalue weighted by Gasteiger charge is 2.26. The normalized spacial score (nSPS) is 13.0. The van der Waals surface area contributed by atoms with E-state index in [0.29, 0.717) is 26.0 Å². The van der Waals surface area contributed by atoms with Gasteiger partial charge in [-0.15, -0.1) is 0 Å². The van der Waals surface area contributed by atoms with Gasteiger partial charge in [0.05, 0.1) is 12.6 Å². The summed E-state index contributed by atoms with van der Waals surface area (Å²) in [5, 5.41) is 2.71. The standard InChI is InChI=1S/C12H24N2O3/c1-5-17-9(15)7-6-8-14-11(16)10(13)12(2,3)4/h10H,5-8,13H2,1-4H3,(H,14,16)/t10-/m1/s1. The molecule has 0 fully saturated rings. The first kappa shape index (κ1) is 15.9. The summed E-state index contributed by atoms with van der Waals surface area (Å²) in [7, 11) is 0. The molecule has 0 aliphatic carbocycles. The second-order valence-corrected chi connectivity index (χ2v) is 5.04. The summed E-state index contributed by atoms with van der Waals surface area (Å²) in [6.45, 7) is 8.34. The molecule has 0 rings (SSSR count). The summed E-state index contributed by atoms with van der Waals surface area (Å²) in [6, 6.07) is -0.537. The minimum Gasteiger partial charge on any atom is -0.466 e. The molecule has 0 bridgehead atoms. The molecular formula is C12H24N2O3. The zero-order valence-electron chi connectivity index (χ0n) is 11.2. The lowest BCUT2D eigenvalue weighted by Gasteiger charge is -2.25. The van der Waals surface area contributed by atoms with Gasteiger partial charge in [0.1, 0.15) is 0 Å². The number of hydrogen-bond donors (Lipinski definition) is 2. The molecule has 0 aromatic heterocycles. The van der Waals surface area contributed by atoms with E-state index in [0.717, 1.165) is 0 Å². The van der Waals surface area contributed by atoms with Crippen LogP contribution >= 0.6 is 0 Å². The maximum Gasteiger partial charge on any atom is 0.305 e. The number of rotatable bonds is 6. The van der Waals surface area contributed by atoms with Crippen molar-refractivity contribution in [2.75, 3.05) is 13.2 Å². The van der Waals surface area contributed by atoms with Crippen LogP contribution in [0.1, 0.15) is 40.5 Å². The van der Waals surface area contributed by atoms with Crippen molar-refractivity contribution in [2.24, 2.45) is 11.1 Å². The molecule has 0 aromatic rings. The predicted octanol–water partition coefficient (Wildman–Crippen LogP) is 0.819. The van der Waals surface area contributed by atoms with E-state index >= 15 is 0 Å². The first-order valence-electron chi connectivity index (χ1n) is 5.98. The molecule has 0 saturated heterocycles. The lowest BCUT2D eigenvalue weighted by molar-refractivity contribution is -0.143. The summed E-state index contributed by atoms with van der Waals surface area (Å²) < 4.78 is 4.77. The van der Waals surface area contributed by atoms with Gasteiger partial charge in [-0.1, -0.05) is 20.8 Å². The van der Waals surface area contributed by atoms with Gasteiger partial charge in [-0.2, -0.15) is 0 Å². The van der Waals surface area contributed by atoms with Crippen molar-refractivity contribution in [3.05, 3.63) is 0 Å². The fraction of sp³-hybridized carbons (Fsp3) is 0.833. The quantitative estimate of drug-likeness (QED) is 0.535. The average Bonchev–Trinajstić information content (AvgIpc) is 2.22. The molecule has 5 nitrogen and oxygen atoms in total. The lowest BCUT2D eigenvalue weighted by Crippen LogP contribution is -2.48. The van der Waals surface area contributed by atoms with Gasteiger partial charge >= 0.3 is 5.97 Å². The Balaban J connectivity index is 3.76. The van der Waals surface area contributed by atoms with Crippen molar-refractivity contribution in [1.29, 1.82) is 0 Å². The van der Waals surface area contributed by atoms with E-state index in [4.69, 9.17) is 10.5 Å². The molecule has 1 amide bonds. The number of nitrogens with one attached hydrogen (secondary N) is 1. The van der Waals surface area contributed by atoms with Crippen LogP contribution in [0.5, 0.6) is 0 Å². The predicted molar refractivity (Wildman–Crippen MR) is 66.3 cm³/mol. The number of esters is 1. The molecule has 17 heavy (non-hydrogen) atoms. The van der Waals surface area contributed by atoms with Crippen LogP contribution in [0.15, 0.2) is 0 Å². The first-order valence-corrected chi connectivity index (χ1v) is 5.98. The Morgan fingerprint density at radius 2 is 1.94 bits per heavy atom. The zero-order valence-corrected chi connectivity index (χ0v) is 11.2. The van der Waals surface area contributed by atoms with E-state index in [1.807, 2.05) is 20.8 Å². The first-order chi connectivity index (χ1) is 7.79. The number of carbonyl (C=O) groups excluding carboxylic acids is 2. The second kappa shape index (κ2) is 7.27. The van der Waals surface area contributed by atoms with Crippen molar-refractivity contribution in [2.45, 2.75) is 46.6 Å². The summed E-state index contributed by atoms with van der Waals surface area (Å²) >= 11 is 0. The minimum atomic E-state index is -0.537. The van der Waals surface area contributed by atoms with E-state index < -0.39 is 6.04 Å². The van der Waals surface area contributed by atoms with Crippen molar-refractivity contribution in [3.8, 4) is 0 Å². The summed E-state index contributed by atoms with van der Waals surface area (Å²) in [5.74, 6) is -0.414. The lowest BCUT2D eigenvalue weighted by atomic mass is 9.87. The maximum atomic E-state index is 11.6. The Morgan fingerprint density at radius 3 is 2.41 bits per heavy atom. The van der Waals surface area contributed by atoms with Gasteiger partial charge in [-0.25, -0.2) is 0 Å². The van der Waals surface area contributed by atoms with Gasteiger partial charge in [-0.3, -0.25) is 9.59 Å². The average molecular weight is 244 g/mol. The maximum absolute atomic E-state index is 11.6. The van der Waals surface area contributed by atoms with E-state index in [9.17, 15) is 9.59 Å². The van der Waals surface area contributed by atoms with Crippen LogP contribution in [0.3, 0.4) is 0 Å². The molecule has 100 valence electrons. The molecular weight excluding hydrogens is 220 g/mol. The number of hydrogen-bond acceptors (Lipinski definition) is 4. The second-order valence-electron chi connectivity index (χ2n) is 5.04. The van der Waals surface area contributed by atoms with Gasteiger partial charge in [0.15, 0.2) is 0 Å². The Hall–Kier alpha value is -1.10. The number of carbonyl (C=O) groups is 2. The van der Waals surface area contributed by atoms with Crippen LogP contribution < -0.4 is 11.1 Å². The molecule has 3 N–H and O–H groups in total. The van der Waals surface area contributed by atoms with E-state index in [1.165, 1.54) is 0 Å². The van der Waals surface area contributed by atoms with Crippen LogP contribution in [0.25, 0.3) is 0 Å². The van der Waals surface area contributed by atoms with Gasteiger partial charge in [-0.05, 0) is 18.8 Å². The van der Waals surface area contributed by atoms with Crippen LogP contribution in [0, 0.1) is 5.41 Å². The Morgan fingerprint density at radius 1 is 1.35 bits per heavy atom. The fourth-order valence-corrected chi connectivity index (χ4v) is 1.18. The van der Waals surface area contributed by atoms with Crippen LogP contribution in [-0.2, 0) is 14.3 Å². The molecule has 0 aromatic carbocycles. The Labute approximate surface area is 103 Å². The zero-order chi connectivity index (χ0) is 13.5. The van der Waals surface area contributed by atoms with Gasteiger partial charge in [0.2, 0.25) is 5.91 Å². The van der Waals surface area contributed by atoms with Crippen molar-refractivity contribution in [3.63, 3.8) is 0 Å². The molecule has 5 heteroatoms. The Kier molecular flexibility index (Phi) is 6.80. The topological polar surface area (TPSA) is 81.4 Å². The SMILES string of the molecule is CCOC(=O)CCCNC(=O)[C@@H](N)C(C)(C)C. The molecule has 0 spiro atoms. The van der Waals surface area contributed by atoms with Crippen molar-refractivity contribution >= 4 is 11.9 Å². The molecule has 0 unspecified atom stereocenters. The van der Waals surface area contributed by atoms with Gasteiger partial charge < -0.3 is 15.8 Å². The van der Waals surface area contributed by atoms with Crippen LogP contribution in [0.2, 0.25) is 0 Å². The third kappa shape index (κ3) is 6.94. The third-order valence-corrected chi connectivity index (χ3v) is 2.38. The molecule has 0 heterocycles. The smallest absolute Gasteiger partial charge is 0.305 e. The highest BCUT2D eigenvalue weighted by atomic mass is 16.5. The van der Waals surface area contributed by atoms with Gasteiger partial charge in [0.25, 0.3) is 0 Å². The van der Waals surface area contributed by atoms with Crippen molar-refractivity contribution in [1.82, 2.24) is 5.32 Å². The summed E-state index contributed by atoms with van der Waals surface area (Å²) in [5.41, 5.74) is 5.52. The summed E-state index contributed by atoms with van der Waals surface area (Å²) in [4.78, 5) is 22.6. The monoisotopic (exact) mass is 244 g/mol. The molecule has 0 aliphatic rings. The fourth-order valence-electron chi connectivity index (χ4n) is 1.18. The largest absolute Gasteiger partial charge is 0.466 e. The third-order valence-electron chi connectivity index (χ3n) is 2.38. The summed E-state index contributed by atoms with van der Waals surface area (Å²) in [6.07, 6.45) is 0.889. The molecule has 0 aliphatic heterocycles. The van der Waals surface area contributed by atoms with Gasteiger partial charge in [0, 0.05) is 13.0 Å². The van der Waals surface area contributed by atoms with Crippen molar-refractivity contribution < 1.29 is 14.3 Å². The Bertz CT molecular complexity index is 259. The minimum absolute atomic E-state index is 0.179. The molecule has 0 saturated carbocycles. The van der Waals surface area contributed by atoms with E-state index in [1.54, 1.807) is 6.92 Å². The molecule has 1 atom stereocenters. The van der Waals surface area contributed by atoms with E-state index in [2.05, 4.69) is 5.32 Å². The molecule has 0 radical (unpaired) electrons. The van der Waals surface area contributed by atoms with Crippen LogP contribution in [-0.4, -0.2) is 31.1 Å². The highest BCUT2D eigenvalue weighted by molar-refractivity contribution is 5.82. The highest BCUT2D eigenvalue weighted by Crippen LogP contribution is 2.16. The van der Waals surface area contributed by atoms with Crippen LogP contribution in [0.4, 0.5) is 0 Å². The number of amides is 1. The number of nitrogens with two attached hydrogens (primary N) is 1. The van der Waals surface area contributed by atoms with E-state index in [-0.39, 0.29) is 17.3 Å². The number of ether oxygens (including phenoxy) is 1.